The average molecular weight is 490 g/mol. The highest BCUT2D eigenvalue weighted by Gasteiger charge is 2.25. The van der Waals surface area contributed by atoms with Crippen LogP contribution < -0.4 is 9.46 Å². The van der Waals surface area contributed by atoms with Crippen molar-refractivity contribution in [1.82, 2.24) is 30.1 Å². The number of hydrogen-bond acceptors (Lipinski definition) is 8. The zero-order valence-corrected chi connectivity index (χ0v) is 18.8. The Morgan fingerprint density at radius 3 is 2.69 bits per heavy atom. The van der Waals surface area contributed by atoms with E-state index in [4.69, 9.17) is 4.74 Å². The second kappa shape index (κ2) is 8.50. The number of methoxy groups -OCH3 is 1. The van der Waals surface area contributed by atoms with E-state index in [1.165, 1.54) is 43.8 Å². The summed E-state index contributed by atoms with van der Waals surface area (Å²) in [5.41, 5.74) is 0.585. The summed E-state index contributed by atoms with van der Waals surface area (Å²) >= 11 is 0. The molecule has 0 amide bonds. The largest absolute Gasteiger partial charge is 0.480 e. The molecule has 13 heteroatoms. The average Bonchev–Trinajstić information content (AvgIpc) is 3.54. The third-order valence-electron chi connectivity index (χ3n) is 5.20. The van der Waals surface area contributed by atoms with E-state index in [0.29, 0.717) is 16.9 Å². The molecule has 0 aliphatic rings. The second-order valence-electron chi connectivity index (χ2n) is 7.17. The number of rotatable bonds is 6. The summed E-state index contributed by atoms with van der Waals surface area (Å²) in [5.74, 6) is -0.597. The fourth-order valence-electron chi connectivity index (χ4n) is 3.63. The van der Waals surface area contributed by atoms with Gasteiger partial charge in [-0.1, -0.05) is 6.07 Å². The molecule has 0 bridgehead atoms. The van der Waals surface area contributed by atoms with Crippen LogP contribution in [0.25, 0.3) is 33.5 Å². The Bertz CT molecular complexity index is 1710. The van der Waals surface area contributed by atoms with Crippen molar-refractivity contribution in [2.75, 3.05) is 11.8 Å². The lowest BCUT2D eigenvalue weighted by atomic mass is 9.99. The van der Waals surface area contributed by atoms with Gasteiger partial charge in [-0.05, 0) is 24.3 Å². The van der Waals surface area contributed by atoms with Crippen LogP contribution in [0, 0.1) is 17.1 Å². The molecular weight excluding hydrogens is 475 g/mol. The van der Waals surface area contributed by atoms with Gasteiger partial charge in [0.1, 0.15) is 27.7 Å². The van der Waals surface area contributed by atoms with Gasteiger partial charge in [-0.15, -0.1) is 0 Å². The maximum absolute atomic E-state index is 15.6. The molecule has 5 rings (SSSR count). The number of H-pyrrole nitrogens is 2. The van der Waals surface area contributed by atoms with Crippen LogP contribution in [0.5, 0.6) is 5.88 Å². The molecule has 11 nitrogen and oxygen atoms in total. The smallest absolute Gasteiger partial charge is 0.268 e. The van der Waals surface area contributed by atoms with E-state index >= 15 is 4.39 Å². The fraction of sp³-hybridized carbons (Fsp3) is 0.0455. The molecule has 0 radical (unpaired) electrons. The maximum Gasteiger partial charge on any atom is 0.268 e. The van der Waals surface area contributed by atoms with Crippen LogP contribution in [-0.4, -0.2) is 45.7 Å². The Labute approximate surface area is 197 Å². The van der Waals surface area contributed by atoms with Gasteiger partial charge in [-0.2, -0.15) is 10.4 Å². The number of halogens is 1. The molecule has 0 unspecified atom stereocenters. The van der Waals surface area contributed by atoms with Gasteiger partial charge in [0.2, 0.25) is 5.88 Å². The lowest BCUT2D eigenvalue weighted by Gasteiger charge is -2.13. The van der Waals surface area contributed by atoms with Crippen LogP contribution in [0.4, 0.5) is 10.2 Å². The van der Waals surface area contributed by atoms with Crippen molar-refractivity contribution in [3.8, 4) is 34.6 Å². The summed E-state index contributed by atoms with van der Waals surface area (Å²) in [5, 5.41) is 17.1. The molecule has 0 spiro atoms. The van der Waals surface area contributed by atoms with Crippen molar-refractivity contribution in [2.45, 2.75) is 4.90 Å². The number of nitrogens with zero attached hydrogens (tertiary/aromatic N) is 5. The number of sulfonamides is 1. The van der Waals surface area contributed by atoms with Gasteiger partial charge in [-0.25, -0.2) is 27.8 Å². The summed E-state index contributed by atoms with van der Waals surface area (Å²) in [4.78, 5) is 14.7. The molecule has 0 atom stereocenters. The van der Waals surface area contributed by atoms with Crippen molar-refractivity contribution in [3.63, 3.8) is 0 Å². The van der Waals surface area contributed by atoms with Gasteiger partial charge in [0.05, 0.1) is 7.11 Å². The van der Waals surface area contributed by atoms with E-state index in [1.807, 2.05) is 6.07 Å². The number of nitriles is 1. The van der Waals surface area contributed by atoms with Crippen molar-refractivity contribution >= 4 is 26.7 Å². The van der Waals surface area contributed by atoms with E-state index < -0.39 is 15.8 Å². The Hall–Kier alpha value is -4.83. The van der Waals surface area contributed by atoms with E-state index in [-0.39, 0.29) is 38.8 Å². The number of fused-ring (bicyclic) bond motifs is 1. The third-order valence-corrected chi connectivity index (χ3v) is 6.55. The normalized spacial score (nSPS) is 11.3. The highest BCUT2D eigenvalue weighted by molar-refractivity contribution is 7.92. The molecule has 174 valence electrons. The van der Waals surface area contributed by atoms with Crippen LogP contribution in [0.15, 0.2) is 60.0 Å². The SMILES string of the molecule is COc1ncccc1S(=O)(=O)Nc1nccc(-c2ccc3c(-c4ncc[nH]4)n[nH]c3c2F)c1C#N. The minimum Gasteiger partial charge on any atom is -0.480 e. The maximum atomic E-state index is 15.6. The quantitative estimate of drug-likeness (QED) is 0.327. The summed E-state index contributed by atoms with van der Waals surface area (Å²) < 4.78 is 48.8. The first-order chi connectivity index (χ1) is 16.9. The first-order valence-corrected chi connectivity index (χ1v) is 11.5. The standard InChI is InChI=1S/C22H15FN8O3S/c1-34-22-16(3-2-7-28-22)35(32,33)31-20-15(11-24)12(6-8-25-20)13-4-5-14-18(17(13)23)29-30-19(14)21-26-9-10-27-21/h2-10H,1H3,(H,25,31)(H,26,27)(H,29,30). The zero-order chi connectivity index (χ0) is 24.6. The molecule has 0 fully saturated rings. The molecular formula is C22H15FN8O3S. The molecule has 4 aromatic heterocycles. The van der Waals surface area contributed by atoms with E-state index in [2.05, 4.69) is 34.9 Å². The number of imidazole rings is 1. The van der Waals surface area contributed by atoms with Crippen LogP contribution in [0.2, 0.25) is 0 Å². The van der Waals surface area contributed by atoms with Crippen molar-refractivity contribution < 1.29 is 17.5 Å². The topological polar surface area (TPSA) is 162 Å². The minimum atomic E-state index is -4.23. The van der Waals surface area contributed by atoms with Crippen LogP contribution >= 0.6 is 0 Å². The number of aromatic nitrogens is 6. The number of anilines is 1. The zero-order valence-electron chi connectivity index (χ0n) is 17.9. The van der Waals surface area contributed by atoms with Crippen molar-refractivity contribution in [1.29, 1.82) is 5.26 Å². The predicted octanol–water partition coefficient (Wildman–Crippen LogP) is 3.23. The summed E-state index contributed by atoms with van der Waals surface area (Å²) in [6.07, 6.45) is 5.84. The Kier molecular flexibility index (Phi) is 5.34. The molecule has 4 heterocycles. The number of aromatic amines is 2. The van der Waals surface area contributed by atoms with Crippen LogP contribution in [0.1, 0.15) is 5.56 Å². The first-order valence-electron chi connectivity index (χ1n) is 10.0. The van der Waals surface area contributed by atoms with E-state index in [9.17, 15) is 13.7 Å². The summed E-state index contributed by atoms with van der Waals surface area (Å²) in [7, 11) is -2.94. The van der Waals surface area contributed by atoms with Gasteiger partial charge < -0.3 is 9.72 Å². The molecule has 0 saturated carbocycles. The summed E-state index contributed by atoms with van der Waals surface area (Å²) in [6, 6.07) is 9.20. The highest BCUT2D eigenvalue weighted by atomic mass is 32.2. The Balaban J connectivity index is 1.60. The molecule has 0 aliphatic heterocycles. The fourth-order valence-corrected chi connectivity index (χ4v) is 4.77. The van der Waals surface area contributed by atoms with Crippen molar-refractivity contribution in [3.05, 3.63) is 66.5 Å². The Morgan fingerprint density at radius 1 is 1.09 bits per heavy atom. The van der Waals surface area contributed by atoms with Gasteiger partial charge in [0.25, 0.3) is 10.0 Å². The second-order valence-corrected chi connectivity index (χ2v) is 8.82. The van der Waals surface area contributed by atoms with Gasteiger partial charge in [-0.3, -0.25) is 9.82 Å². The van der Waals surface area contributed by atoms with Gasteiger partial charge >= 0.3 is 0 Å². The number of hydrogen-bond donors (Lipinski definition) is 3. The number of benzene rings is 1. The van der Waals surface area contributed by atoms with Crippen LogP contribution in [-0.2, 0) is 10.0 Å². The molecule has 0 aliphatic carbocycles. The lowest BCUT2D eigenvalue weighted by molar-refractivity contribution is 0.385. The van der Waals surface area contributed by atoms with E-state index in [0.717, 1.165) is 0 Å². The number of pyridine rings is 2. The first kappa shape index (κ1) is 22.0. The molecule has 1 aromatic carbocycles. The summed E-state index contributed by atoms with van der Waals surface area (Å²) in [6.45, 7) is 0. The predicted molar refractivity (Wildman–Crippen MR) is 123 cm³/mol. The highest BCUT2D eigenvalue weighted by Crippen LogP contribution is 2.35. The van der Waals surface area contributed by atoms with Gasteiger partial charge in [0.15, 0.2) is 17.5 Å². The van der Waals surface area contributed by atoms with Gasteiger partial charge in [0, 0.05) is 41.3 Å². The minimum absolute atomic E-state index is 0.0606. The molecule has 3 N–H and O–H groups in total. The molecule has 5 aromatic rings. The Morgan fingerprint density at radius 2 is 1.94 bits per heavy atom. The third kappa shape index (κ3) is 3.71. The molecule has 35 heavy (non-hydrogen) atoms. The monoisotopic (exact) mass is 490 g/mol. The number of ether oxygens (including phenoxy) is 1. The lowest BCUT2D eigenvalue weighted by Crippen LogP contribution is -2.16. The van der Waals surface area contributed by atoms with Crippen LogP contribution in [0.3, 0.4) is 0 Å². The molecule has 0 saturated heterocycles. The van der Waals surface area contributed by atoms with E-state index in [1.54, 1.807) is 18.5 Å². The number of nitrogens with one attached hydrogen (secondary N) is 3. The van der Waals surface area contributed by atoms with Crippen molar-refractivity contribution in [2.24, 2.45) is 0 Å².